The van der Waals surface area contributed by atoms with Gasteiger partial charge >= 0.3 is 0 Å². The number of hydrogen-bond donors (Lipinski definition) is 1. The van der Waals surface area contributed by atoms with E-state index >= 15 is 0 Å². The second kappa shape index (κ2) is 7.21. The maximum absolute atomic E-state index is 14.1. The lowest BCUT2D eigenvalue weighted by atomic mass is 10.1. The first-order valence-corrected chi connectivity index (χ1v) is 7.04. The highest BCUT2D eigenvalue weighted by molar-refractivity contribution is 5.95. The van der Waals surface area contributed by atoms with E-state index in [1.807, 2.05) is 6.92 Å². The quantitative estimate of drug-likeness (QED) is 0.837. The molecule has 1 atom stereocenters. The summed E-state index contributed by atoms with van der Waals surface area (Å²) in [6.45, 7) is 3.69. The van der Waals surface area contributed by atoms with Gasteiger partial charge in [0, 0.05) is 12.1 Å². The summed E-state index contributed by atoms with van der Waals surface area (Å²) >= 11 is 0. The Morgan fingerprint density at radius 1 is 1.57 bits per heavy atom. The number of benzene rings is 1. The fourth-order valence-corrected chi connectivity index (χ4v) is 2.33. The van der Waals surface area contributed by atoms with Gasteiger partial charge in [-0.1, -0.05) is 18.8 Å². The Balaban J connectivity index is 2.22. The van der Waals surface area contributed by atoms with Crippen molar-refractivity contribution < 1.29 is 13.9 Å². The van der Waals surface area contributed by atoms with Crippen molar-refractivity contribution >= 4 is 5.91 Å². The number of halogens is 1. The smallest absolute Gasteiger partial charge is 0.257 e. The molecule has 1 aromatic rings. The van der Waals surface area contributed by atoms with Gasteiger partial charge in [0.15, 0.2) is 0 Å². The maximum atomic E-state index is 14.1. The van der Waals surface area contributed by atoms with Crippen molar-refractivity contribution in [3.05, 3.63) is 35.1 Å². The third kappa shape index (κ3) is 3.60. The van der Waals surface area contributed by atoms with Crippen LogP contribution in [-0.4, -0.2) is 43.2 Å². The second-order valence-electron chi connectivity index (χ2n) is 4.84. The van der Waals surface area contributed by atoms with E-state index in [1.54, 1.807) is 11.0 Å². The van der Waals surface area contributed by atoms with E-state index in [2.05, 4.69) is 11.8 Å². The predicted octanol–water partition coefficient (Wildman–Crippen LogP) is 1.39. The molecule has 112 valence electrons. The number of nitrogens with zero attached hydrogens (tertiary/aromatic N) is 1. The molecule has 21 heavy (non-hydrogen) atoms. The van der Waals surface area contributed by atoms with Gasteiger partial charge in [0.05, 0.1) is 31.4 Å². The van der Waals surface area contributed by atoms with Crippen LogP contribution in [0.2, 0.25) is 0 Å². The maximum Gasteiger partial charge on any atom is 0.257 e. The molecule has 0 aliphatic carbocycles. The van der Waals surface area contributed by atoms with Crippen LogP contribution in [0.15, 0.2) is 18.2 Å². The standard InChI is InChI=1S/C16H19FN2O2/c1-2-13-11-21-9-8-19(13)16(20)14-6-5-12(4-3-7-18)10-15(14)17/h5-6,10,13H,2,7-9,11,18H2,1H3. The number of nitrogens with two attached hydrogens (primary N) is 1. The van der Waals surface area contributed by atoms with Crippen molar-refractivity contribution in [1.29, 1.82) is 0 Å². The van der Waals surface area contributed by atoms with E-state index in [0.29, 0.717) is 25.3 Å². The normalized spacial score (nSPS) is 18.0. The van der Waals surface area contributed by atoms with Gasteiger partial charge in [0.1, 0.15) is 5.82 Å². The largest absolute Gasteiger partial charge is 0.377 e. The molecule has 1 heterocycles. The number of amides is 1. The molecule has 1 aliphatic rings. The molecule has 2 N–H and O–H groups in total. The lowest BCUT2D eigenvalue weighted by Crippen LogP contribution is -2.48. The Morgan fingerprint density at radius 2 is 2.38 bits per heavy atom. The molecule has 1 unspecified atom stereocenters. The first-order valence-electron chi connectivity index (χ1n) is 7.04. The fourth-order valence-electron chi connectivity index (χ4n) is 2.33. The summed E-state index contributed by atoms with van der Waals surface area (Å²) in [6, 6.07) is 4.40. The lowest BCUT2D eigenvalue weighted by molar-refractivity contribution is -0.00303. The number of ether oxygens (including phenoxy) is 1. The Hall–Kier alpha value is -1.90. The van der Waals surface area contributed by atoms with Crippen LogP contribution in [0.25, 0.3) is 0 Å². The lowest BCUT2D eigenvalue weighted by Gasteiger charge is -2.35. The Bertz CT molecular complexity index is 577. The highest BCUT2D eigenvalue weighted by Crippen LogP contribution is 2.18. The van der Waals surface area contributed by atoms with Crippen LogP contribution in [0.5, 0.6) is 0 Å². The van der Waals surface area contributed by atoms with Crippen LogP contribution in [0.4, 0.5) is 4.39 Å². The van der Waals surface area contributed by atoms with E-state index in [0.717, 1.165) is 6.42 Å². The van der Waals surface area contributed by atoms with Crippen LogP contribution in [0.1, 0.15) is 29.3 Å². The van der Waals surface area contributed by atoms with E-state index in [9.17, 15) is 9.18 Å². The van der Waals surface area contributed by atoms with Crippen molar-refractivity contribution in [3.8, 4) is 11.8 Å². The molecular formula is C16H19FN2O2. The highest BCUT2D eigenvalue weighted by atomic mass is 19.1. The van der Waals surface area contributed by atoms with Gasteiger partial charge in [0.25, 0.3) is 5.91 Å². The van der Waals surface area contributed by atoms with E-state index in [1.165, 1.54) is 12.1 Å². The third-order valence-corrected chi connectivity index (χ3v) is 3.49. The number of carbonyl (C=O) groups excluding carboxylic acids is 1. The van der Waals surface area contributed by atoms with Gasteiger partial charge in [0.2, 0.25) is 0 Å². The summed E-state index contributed by atoms with van der Waals surface area (Å²) in [5.74, 6) is 4.57. The van der Waals surface area contributed by atoms with Crippen molar-refractivity contribution in [2.75, 3.05) is 26.3 Å². The summed E-state index contributed by atoms with van der Waals surface area (Å²) in [4.78, 5) is 14.2. The monoisotopic (exact) mass is 290 g/mol. The van der Waals surface area contributed by atoms with Crippen LogP contribution < -0.4 is 5.73 Å². The first kappa shape index (κ1) is 15.5. The third-order valence-electron chi connectivity index (χ3n) is 3.49. The zero-order valence-corrected chi connectivity index (χ0v) is 12.1. The molecule has 0 bridgehead atoms. The van der Waals surface area contributed by atoms with Crippen molar-refractivity contribution in [1.82, 2.24) is 4.90 Å². The molecule has 0 spiro atoms. The van der Waals surface area contributed by atoms with Gasteiger partial charge in [-0.3, -0.25) is 4.79 Å². The SMILES string of the molecule is CCC1COCCN1C(=O)c1ccc(C#CCN)cc1F. The molecule has 0 aromatic heterocycles. The summed E-state index contributed by atoms with van der Waals surface area (Å²) in [5.41, 5.74) is 5.88. The summed E-state index contributed by atoms with van der Waals surface area (Å²) in [6.07, 6.45) is 0.785. The molecule has 1 aromatic carbocycles. The molecule has 1 aliphatic heterocycles. The molecule has 1 fully saturated rings. The second-order valence-corrected chi connectivity index (χ2v) is 4.84. The number of carbonyl (C=O) groups is 1. The van der Waals surface area contributed by atoms with Gasteiger partial charge in [-0.25, -0.2) is 4.39 Å². The van der Waals surface area contributed by atoms with Crippen LogP contribution in [0, 0.1) is 17.7 Å². The van der Waals surface area contributed by atoms with Gasteiger partial charge in [-0.15, -0.1) is 0 Å². The first-order chi connectivity index (χ1) is 10.2. The Labute approximate surface area is 124 Å². The molecule has 4 nitrogen and oxygen atoms in total. The zero-order valence-electron chi connectivity index (χ0n) is 12.1. The average Bonchev–Trinajstić information content (AvgIpc) is 2.52. The summed E-state index contributed by atoms with van der Waals surface area (Å²) < 4.78 is 19.5. The van der Waals surface area contributed by atoms with Crippen molar-refractivity contribution in [2.45, 2.75) is 19.4 Å². The number of rotatable bonds is 2. The zero-order chi connectivity index (χ0) is 15.2. The summed E-state index contributed by atoms with van der Waals surface area (Å²) in [5, 5.41) is 0. The molecule has 1 amide bonds. The molecule has 2 rings (SSSR count). The number of morpholine rings is 1. The van der Waals surface area contributed by atoms with E-state index < -0.39 is 5.82 Å². The van der Waals surface area contributed by atoms with Crippen LogP contribution in [0.3, 0.4) is 0 Å². The fraction of sp³-hybridized carbons (Fsp3) is 0.438. The predicted molar refractivity (Wildman–Crippen MR) is 78.3 cm³/mol. The van der Waals surface area contributed by atoms with E-state index in [4.69, 9.17) is 10.5 Å². The van der Waals surface area contributed by atoms with Crippen LogP contribution >= 0.6 is 0 Å². The van der Waals surface area contributed by atoms with Gasteiger partial charge < -0.3 is 15.4 Å². The minimum atomic E-state index is -0.551. The molecule has 1 saturated heterocycles. The minimum Gasteiger partial charge on any atom is -0.377 e. The highest BCUT2D eigenvalue weighted by Gasteiger charge is 2.28. The Morgan fingerprint density at radius 3 is 3.05 bits per heavy atom. The molecule has 0 saturated carbocycles. The van der Waals surface area contributed by atoms with Crippen molar-refractivity contribution in [3.63, 3.8) is 0 Å². The van der Waals surface area contributed by atoms with Gasteiger partial charge in [-0.2, -0.15) is 0 Å². The molecular weight excluding hydrogens is 271 g/mol. The average molecular weight is 290 g/mol. The van der Waals surface area contributed by atoms with Gasteiger partial charge in [-0.05, 0) is 24.6 Å². The van der Waals surface area contributed by atoms with Crippen LogP contribution in [-0.2, 0) is 4.74 Å². The van der Waals surface area contributed by atoms with Crippen molar-refractivity contribution in [2.24, 2.45) is 5.73 Å². The topological polar surface area (TPSA) is 55.6 Å². The number of hydrogen-bond acceptors (Lipinski definition) is 3. The van der Waals surface area contributed by atoms with E-state index in [-0.39, 0.29) is 24.1 Å². The molecule has 0 radical (unpaired) electrons. The summed E-state index contributed by atoms with van der Waals surface area (Å²) in [7, 11) is 0. The molecule has 5 heteroatoms. The minimum absolute atomic E-state index is 0.00218. The Kier molecular flexibility index (Phi) is 5.32.